The Morgan fingerprint density at radius 2 is 2.09 bits per heavy atom. The highest BCUT2D eigenvalue weighted by Crippen LogP contribution is 2.29. The minimum atomic E-state index is -1.54. The molecule has 23 heavy (non-hydrogen) atoms. The van der Waals surface area contributed by atoms with Gasteiger partial charge in [-0.25, -0.2) is 9.89 Å². The zero-order chi connectivity index (χ0) is 16.6. The first-order chi connectivity index (χ1) is 11.0. The summed E-state index contributed by atoms with van der Waals surface area (Å²) in [4.78, 5) is 29.9. The normalized spacial score (nSPS) is 28.0. The fourth-order valence-electron chi connectivity index (χ4n) is 2.34. The van der Waals surface area contributed by atoms with Crippen molar-refractivity contribution in [1.82, 2.24) is 24.7 Å². The maximum absolute atomic E-state index is 11.9. The first-order valence-electron chi connectivity index (χ1n) is 6.60. The number of hydrogen-bond donors (Lipinski definition) is 5. The van der Waals surface area contributed by atoms with Gasteiger partial charge in [0.05, 0.1) is 6.61 Å². The molecule has 4 atom stereocenters. The number of nitrogens with zero attached hydrogens (tertiary/aromatic N) is 4. The van der Waals surface area contributed by atoms with Crippen molar-refractivity contribution in [3.8, 4) is 0 Å². The van der Waals surface area contributed by atoms with Gasteiger partial charge in [0.25, 0.3) is 5.56 Å². The van der Waals surface area contributed by atoms with Gasteiger partial charge in [-0.05, 0) is 0 Å². The van der Waals surface area contributed by atoms with Crippen LogP contribution >= 0.6 is 0 Å². The van der Waals surface area contributed by atoms with Gasteiger partial charge in [0.15, 0.2) is 18.7 Å². The van der Waals surface area contributed by atoms with Gasteiger partial charge in [-0.2, -0.15) is 10.1 Å². The summed E-state index contributed by atoms with van der Waals surface area (Å²) >= 11 is 0. The zero-order valence-electron chi connectivity index (χ0n) is 11.6. The fraction of sp³-hybridized carbons (Fsp3) is 0.455. The Morgan fingerprint density at radius 3 is 2.70 bits per heavy atom. The summed E-state index contributed by atoms with van der Waals surface area (Å²) in [6.45, 7) is -0.576. The SMILES string of the molecule is O=c1ccn([C@@H]2O[C@H](CO)C(O)N(c3ncn[nH]3)C2O)c(=O)[nH]1. The highest BCUT2D eigenvalue weighted by atomic mass is 16.6. The van der Waals surface area contributed by atoms with E-state index in [4.69, 9.17) is 4.74 Å². The van der Waals surface area contributed by atoms with E-state index in [0.29, 0.717) is 0 Å². The van der Waals surface area contributed by atoms with Crippen LogP contribution in [0.3, 0.4) is 0 Å². The third-order valence-corrected chi connectivity index (χ3v) is 3.42. The van der Waals surface area contributed by atoms with Crippen LogP contribution in [0.1, 0.15) is 6.23 Å². The van der Waals surface area contributed by atoms with Gasteiger partial charge in [-0.15, -0.1) is 0 Å². The second-order valence-corrected chi connectivity index (χ2v) is 4.81. The Morgan fingerprint density at radius 1 is 1.30 bits per heavy atom. The predicted molar refractivity (Wildman–Crippen MR) is 73.2 cm³/mol. The maximum Gasteiger partial charge on any atom is 0.330 e. The van der Waals surface area contributed by atoms with Crippen LogP contribution < -0.4 is 16.1 Å². The van der Waals surface area contributed by atoms with Crippen molar-refractivity contribution in [1.29, 1.82) is 0 Å². The lowest BCUT2D eigenvalue weighted by molar-refractivity contribution is -0.205. The molecule has 1 aliphatic rings. The standard InChI is InChI=1S/C11H14N6O6/c18-3-5-7(20)17(10-12-4-13-15-10)8(21)9(23-5)16-2-1-6(19)14-11(16)22/h1-2,4-5,7-9,18,20-21H,3H2,(H,12,13,15)(H,14,19,22)/t5-,7?,8?,9-/m1/s1. The van der Waals surface area contributed by atoms with Gasteiger partial charge in [0.2, 0.25) is 5.95 Å². The van der Waals surface area contributed by atoms with E-state index in [1.807, 2.05) is 4.98 Å². The molecule has 2 aromatic heterocycles. The highest BCUT2D eigenvalue weighted by molar-refractivity contribution is 5.31. The molecule has 2 unspecified atom stereocenters. The number of aliphatic hydroxyl groups excluding tert-OH is 3. The lowest BCUT2D eigenvalue weighted by Gasteiger charge is -2.44. The molecule has 1 saturated heterocycles. The lowest BCUT2D eigenvalue weighted by atomic mass is 10.2. The van der Waals surface area contributed by atoms with Crippen molar-refractivity contribution < 1.29 is 20.1 Å². The van der Waals surface area contributed by atoms with Crippen molar-refractivity contribution in [2.75, 3.05) is 11.5 Å². The van der Waals surface area contributed by atoms with Crippen LogP contribution in [0.4, 0.5) is 5.95 Å². The molecule has 0 aromatic carbocycles. The lowest BCUT2D eigenvalue weighted by Crippen LogP contribution is -2.61. The number of H-pyrrole nitrogens is 2. The van der Waals surface area contributed by atoms with E-state index < -0.39 is 42.6 Å². The van der Waals surface area contributed by atoms with Gasteiger partial charge in [0, 0.05) is 12.3 Å². The van der Waals surface area contributed by atoms with Crippen LogP contribution in [0.25, 0.3) is 0 Å². The summed E-state index contributed by atoms with van der Waals surface area (Å²) in [6, 6.07) is 1.08. The smallest absolute Gasteiger partial charge is 0.330 e. The van der Waals surface area contributed by atoms with Gasteiger partial charge in [-0.3, -0.25) is 19.2 Å². The number of anilines is 1. The summed E-state index contributed by atoms with van der Waals surface area (Å²) in [6.07, 6.45) is -3.10. The van der Waals surface area contributed by atoms with Crippen molar-refractivity contribution in [3.05, 3.63) is 39.4 Å². The summed E-state index contributed by atoms with van der Waals surface area (Å²) in [5.41, 5.74) is -1.42. The Labute approximate surface area is 127 Å². The number of rotatable bonds is 3. The quantitative estimate of drug-likeness (QED) is 0.387. The van der Waals surface area contributed by atoms with Gasteiger partial charge in [-0.1, -0.05) is 0 Å². The van der Waals surface area contributed by atoms with E-state index in [2.05, 4.69) is 15.2 Å². The Bertz CT molecular complexity index is 772. The van der Waals surface area contributed by atoms with E-state index in [9.17, 15) is 24.9 Å². The van der Waals surface area contributed by atoms with E-state index >= 15 is 0 Å². The third-order valence-electron chi connectivity index (χ3n) is 3.42. The Kier molecular flexibility index (Phi) is 3.96. The van der Waals surface area contributed by atoms with Crippen LogP contribution in [0.5, 0.6) is 0 Å². The molecule has 0 radical (unpaired) electrons. The Hall–Kier alpha value is -2.54. The number of aliphatic hydroxyl groups is 3. The Balaban J connectivity index is 2.03. The molecule has 0 spiro atoms. The molecule has 0 amide bonds. The highest BCUT2D eigenvalue weighted by Gasteiger charge is 2.44. The van der Waals surface area contributed by atoms with Crippen molar-refractivity contribution in [2.24, 2.45) is 0 Å². The minimum Gasteiger partial charge on any atom is -0.393 e. The van der Waals surface area contributed by atoms with E-state index in [1.54, 1.807) is 0 Å². The summed E-state index contributed by atoms with van der Waals surface area (Å²) < 4.78 is 6.32. The van der Waals surface area contributed by atoms with Crippen molar-refractivity contribution >= 4 is 5.95 Å². The molecule has 12 nitrogen and oxygen atoms in total. The van der Waals surface area contributed by atoms with Gasteiger partial charge in [0.1, 0.15) is 12.4 Å². The monoisotopic (exact) mass is 326 g/mol. The molecule has 124 valence electrons. The van der Waals surface area contributed by atoms with Crippen LogP contribution in [0, 0.1) is 0 Å². The first-order valence-corrected chi connectivity index (χ1v) is 6.60. The molecular weight excluding hydrogens is 312 g/mol. The molecule has 1 aliphatic heterocycles. The van der Waals surface area contributed by atoms with E-state index in [0.717, 1.165) is 21.7 Å². The topological polar surface area (TPSA) is 170 Å². The van der Waals surface area contributed by atoms with Crippen LogP contribution in [-0.2, 0) is 4.74 Å². The molecule has 2 aromatic rings. The second kappa shape index (κ2) is 5.92. The fourth-order valence-corrected chi connectivity index (χ4v) is 2.34. The summed E-state index contributed by atoms with van der Waals surface area (Å²) in [7, 11) is 0. The van der Waals surface area contributed by atoms with E-state index in [-0.39, 0.29) is 5.95 Å². The number of aromatic nitrogens is 5. The molecule has 1 fully saturated rings. The largest absolute Gasteiger partial charge is 0.393 e. The molecule has 12 heteroatoms. The van der Waals surface area contributed by atoms with Crippen molar-refractivity contribution in [2.45, 2.75) is 24.8 Å². The van der Waals surface area contributed by atoms with Gasteiger partial charge < -0.3 is 20.1 Å². The second-order valence-electron chi connectivity index (χ2n) is 4.81. The predicted octanol–water partition coefficient (Wildman–Crippen LogP) is -3.31. The van der Waals surface area contributed by atoms with Crippen LogP contribution in [0.2, 0.25) is 0 Å². The van der Waals surface area contributed by atoms with Crippen LogP contribution in [-0.4, -0.2) is 65.2 Å². The van der Waals surface area contributed by atoms with Crippen LogP contribution in [0.15, 0.2) is 28.2 Å². The summed E-state index contributed by atoms with van der Waals surface area (Å²) in [5.74, 6) is 0.0224. The molecule has 0 aliphatic carbocycles. The number of aromatic amines is 2. The summed E-state index contributed by atoms with van der Waals surface area (Å²) in [5, 5.41) is 36.1. The third kappa shape index (κ3) is 2.63. The number of ether oxygens (including phenoxy) is 1. The molecule has 3 heterocycles. The maximum atomic E-state index is 11.9. The average Bonchev–Trinajstić information content (AvgIpc) is 3.03. The molecule has 3 rings (SSSR count). The average molecular weight is 326 g/mol. The zero-order valence-corrected chi connectivity index (χ0v) is 11.6. The molecule has 0 saturated carbocycles. The molecule has 5 N–H and O–H groups in total. The number of morpholine rings is 1. The minimum absolute atomic E-state index is 0.0224. The first kappa shape index (κ1) is 15.4. The molecular formula is C11H14N6O6. The molecule has 0 bridgehead atoms. The number of nitrogens with one attached hydrogen (secondary N) is 2. The van der Waals surface area contributed by atoms with E-state index in [1.165, 1.54) is 6.33 Å². The van der Waals surface area contributed by atoms with Crippen molar-refractivity contribution in [3.63, 3.8) is 0 Å². The van der Waals surface area contributed by atoms with Gasteiger partial charge >= 0.3 is 5.69 Å². The number of hydrogen-bond acceptors (Lipinski definition) is 9.